The minimum Gasteiger partial charge on any atom is -0.487 e. The molecule has 0 aliphatic heterocycles. The van der Waals surface area contributed by atoms with Crippen LogP contribution in [0.1, 0.15) is 25.0 Å². The predicted octanol–water partition coefficient (Wildman–Crippen LogP) is 3.42. The normalized spacial score (nSPS) is 11.7. The Balaban J connectivity index is 2.41. The van der Waals surface area contributed by atoms with Crippen LogP contribution < -0.4 is 0 Å². The number of esters is 1. The molecule has 0 fully saturated rings. The van der Waals surface area contributed by atoms with E-state index in [4.69, 9.17) is 9.47 Å². The van der Waals surface area contributed by atoms with Crippen LogP contribution in [-0.2, 0) is 14.3 Å². The smallest absolute Gasteiger partial charge is 0.373 e. The average Bonchev–Trinajstić information content (AvgIpc) is 2.90. The first-order valence-corrected chi connectivity index (χ1v) is 6.75. The van der Waals surface area contributed by atoms with E-state index in [1.807, 2.05) is 38.2 Å². The van der Waals surface area contributed by atoms with Crippen molar-refractivity contribution in [1.82, 2.24) is 4.98 Å². The van der Waals surface area contributed by atoms with Crippen LogP contribution >= 0.6 is 0 Å². The summed E-state index contributed by atoms with van der Waals surface area (Å²) in [5, 5.41) is 1.14. The standard InChI is InChI=1S/C16H19NO3/c1-4-19-15(16(18)20-5-2)10-12-6-7-14-13(11(12)3)8-9-17-14/h6-10,17H,4-5H2,1-3H3/b15-10-. The zero-order valence-electron chi connectivity index (χ0n) is 12.0. The summed E-state index contributed by atoms with van der Waals surface area (Å²) in [7, 11) is 0. The van der Waals surface area contributed by atoms with Crippen molar-refractivity contribution in [2.24, 2.45) is 0 Å². The van der Waals surface area contributed by atoms with Gasteiger partial charge in [-0.1, -0.05) is 6.07 Å². The summed E-state index contributed by atoms with van der Waals surface area (Å²) in [4.78, 5) is 15.0. The Morgan fingerprint density at radius 3 is 2.65 bits per heavy atom. The number of ether oxygens (including phenoxy) is 2. The number of hydrogen-bond donors (Lipinski definition) is 1. The molecule has 4 heteroatoms. The number of H-pyrrole nitrogens is 1. The first-order chi connectivity index (χ1) is 9.67. The molecule has 0 radical (unpaired) electrons. The van der Waals surface area contributed by atoms with Crippen LogP contribution in [0.25, 0.3) is 17.0 Å². The lowest BCUT2D eigenvalue weighted by Gasteiger charge is -2.09. The lowest BCUT2D eigenvalue weighted by Crippen LogP contribution is -2.10. The van der Waals surface area contributed by atoms with Gasteiger partial charge in [-0.15, -0.1) is 0 Å². The van der Waals surface area contributed by atoms with E-state index in [0.29, 0.717) is 13.2 Å². The number of carbonyl (C=O) groups excluding carboxylic acids is 1. The van der Waals surface area contributed by atoms with Gasteiger partial charge < -0.3 is 14.5 Å². The summed E-state index contributed by atoms with van der Waals surface area (Å²) in [6.07, 6.45) is 3.64. The SMILES string of the molecule is CCOC(=O)/C(=C/c1ccc2[nH]ccc2c1C)OCC. The Morgan fingerprint density at radius 1 is 1.20 bits per heavy atom. The summed E-state index contributed by atoms with van der Waals surface area (Å²) in [5.41, 5.74) is 3.13. The van der Waals surface area contributed by atoms with Gasteiger partial charge >= 0.3 is 5.97 Å². The molecule has 1 aromatic carbocycles. The second kappa shape index (κ2) is 6.28. The van der Waals surface area contributed by atoms with E-state index in [-0.39, 0.29) is 5.76 Å². The molecule has 1 N–H and O–H groups in total. The van der Waals surface area contributed by atoms with Crippen LogP contribution in [0, 0.1) is 6.92 Å². The zero-order chi connectivity index (χ0) is 14.5. The van der Waals surface area contributed by atoms with Crippen molar-refractivity contribution in [2.75, 3.05) is 13.2 Å². The van der Waals surface area contributed by atoms with Gasteiger partial charge in [-0.05, 0) is 50.1 Å². The third-order valence-corrected chi connectivity index (χ3v) is 3.11. The van der Waals surface area contributed by atoms with E-state index in [2.05, 4.69) is 4.98 Å². The molecule has 4 nitrogen and oxygen atoms in total. The highest BCUT2D eigenvalue weighted by Crippen LogP contribution is 2.23. The fourth-order valence-corrected chi connectivity index (χ4v) is 2.12. The molecule has 1 aromatic heterocycles. The Bertz CT molecular complexity index is 640. The fourth-order valence-electron chi connectivity index (χ4n) is 2.12. The maximum atomic E-state index is 11.8. The molecule has 0 saturated heterocycles. The Morgan fingerprint density at radius 2 is 1.95 bits per heavy atom. The summed E-state index contributed by atoms with van der Waals surface area (Å²) in [6, 6.07) is 5.97. The van der Waals surface area contributed by atoms with Crippen molar-refractivity contribution in [3.63, 3.8) is 0 Å². The van der Waals surface area contributed by atoms with Crippen LogP contribution in [0.2, 0.25) is 0 Å². The second-order valence-corrected chi connectivity index (χ2v) is 4.38. The maximum Gasteiger partial charge on any atom is 0.373 e. The van der Waals surface area contributed by atoms with Crippen molar-refractivity contribution in [3.8, 4) is 0 Å². The minimum absolute atomic E-state index is 0.243. The summed E-state index contributed by atoms with van der Waals surface area (Å²) < 4.78 is 10.4. The third-order valence-electron chi connectivity index (χ3n) is 3.11. The van der Waals surface area contributed by atoms with Crippen LogP contribution in [-0.4, -0.2) is 24.2 Å². The van der Waals surface area contributed by atoms with E-state index >= 15 is 0 Å². The van der Waals surface area contributed by atoms with Gasteiger partial charge in [-0.2, -0.15) is 0 Å². The Hall–Kier alpha value is -2.23. The number of carbonyl (C=O) groups is 1. The fraction of sp³-hybridized carbons (Fsp3) is 0.312. The van der Waals surface area contributed by atoms with Crippen molar-refractivity contribution in [2.45, 2.75) is 20.8 Å². The monoisotopic (exact) mass is 273 g/mol. The largest absolute Gasteiger partial charge is 0.487 e. The molecule has 0 atom stereocenters. The molecule has 0 saturated carbocycles. The number of aryl methyl sites for hydroxylation is 1. The second-order valence-electron chi connectivity index (χ2n) is 4.38. The first-order valence-electron chi connectivity index (χ1n) is 6.75. The highest BCUT2D eigenvalue weighted by Gasteiger charge is 2.13. The first kappa shape index (κ1) is 14.2. The van der Waals surface area contributed by atoms with E-state index in [1.165, 1.54) is 0 Å². The van der Waals surface area contributed by atoms with Gasteiger partial charge in [0.1, 0.15) is 0 Å². The number of hydrogen-bond acceptors (Lipinski definition) is 3. The van der Waals surface area contributed by atoms with Gasteiger partial charge in [-0.3, -0.25) is 0 Å². The lowest BCUT2D eigenvalue weighted by molar-refractivity contribution is -0.142. The molecule has 0 aliphatic carbocycles. The van der Waals surface area contributed by atoms with Gasteiger partial charge in [0.2, 0.25) is 5.76 Å². The molecule has 1 heterocycles. The quantitative estimate of drug-likeness (QED) is 0.516. The van der Waals surface area contributed by atoms with Gasteiger partial charge in [0.15, 0.2) is 0 Å². The van der Waals surface area contributed by atoms with Crippen molar-refractivity contribution < 1.29 is 14.3 Å². The molecule has 0 unspecified atom stereocenters. The Labute approximate surface area is 118 Å². The zero-order valence-corrected chi connectivity index (χ0v) is 12.0. The predicted molar refractivity (Wildman–Crippen MR) is 79.3 cm³/mol. The van der Waals surface area contributed by atoms with Gasteiger partial charge in [0.25, 0.3) is 0 Å². The van der Waals surface area contributed by atoms with Crippen molar-refractivity contribution >= 4 is 22.9 Å². The van der Waals surface area contributed by atoms with Gasteiger partial charge in [0.05, 0.1) is 13.2 Å². The highest BCUT2D eigenvalue weighted by molar-refractivity contribution is 5.93. The molecule has 20 heavy (non-hydrogen) atoms. The highest BCUT2D eigenvalue weighted by atomic mass is 16.6. The number of aromatic nitrogens is 1. The van der Waals surface area contributed by atoms with E-state index < -0.39 is 5.97 Å². The van der Waals surface area contributed by atoms with Crippen molar-refractivity contribution in [3.05, 3.63) is 41.3 Å². The molecule has 2 rings (SSSR count). The summed E-state index contributed by atoms with van der Waals surface area (Å²) >= 11 is 0. The number of rotatable bonds is 5. The average molecular weight is 273 g/mol. The van der Waals surface area contributed by atoms with Crippen LogP contribution in [0.15, 0.2) is 30.2 Å². The lowest BCUT2D eigenvalue weighted by atomic mass is 10.0. The number of benzene rings is 1. The molecular weight excluding hydrogens is 254 g/mol. The molecule has 0 amide bonds. The van der Waals surface area contributed by atoms with Gasteiger partial charge in [-0.25, -0.2) is 4.79 Å². The van der Waals surface area contributed by atoms with Crippen LogP contribution in [0.4, 0.5) is 0 Å². The summed E-state index contributed by atoms with van der Waals surface area (Å²) in [5.74, 6) is -0.185. The maximum absolute atomic E-state index is 11.8. The van der Waals surface area contributed by atoms with Crippen molar-refractivity contribution in [1.29, 1.82) is 0 Å². The molecular formula is C16H19NO3. The van der Waals surface area contributed by atoms with Gasteiger partial charge in [0, 0.05) is 17.1 Å². The molecule has 106 valence electrons. The molecule has 0 spiro atoms. The minimum atomic E-state index is -0.428. The van der Waals surface area contributed by atoms with E-state index in [9.17, 15) is 4.79 Å². The number of nitrogens with one attached hydrogen (secondary N) is 1. The molecule has 0 bridgehead atoms. The van der Waals surface area contributed by atoms with E-state index in [0.717, 1.165) is 22.0 Å². The molecule has 0 aliphatic rings. The summed E-state index contributed by atoms with van der Waals surface area (Å²) in [6.45, 7) is 6.40. The van der Waals surface area contributed by atoms with E-state index in [1.54, 1.807) is 13.0 Å². The number of fused-ring (bicyclic) bond motifs is 1. The van der Waals surface area contributed by atoms with Crippen LogP contribution in [0.5, 0.6) is 0 Å². The third kappa shape index (κ3) is 2.85. The topological polar surface area (TPSA) is 51.3 Å². The van der Waals surface area contributed by atoms with Crippen LogP contribution in [0.3, 0.4) is 0 Å². The number of aromatic amines is 1. The Kier molecular flexibility index (Phi) is 4.45. The molecule has 2 aromatic rings.